The van der Waals surface area contributed by atoms with Gasteiger partial charge in [-0.3, -0.25) is 4.79 Å². The van der Waals surface area contributed by atoms with Crippen molar-refractivity contribution in [3.8, 4) is 0 Å². The third kappa shape index (κ3) is 5.79. The van der Waals surface area contributed by atoms with Crippen LogP contribution >= 0.6 is 0 Å². The number of benzene rings is 2. The molecule has 2 aromatic carbocycles. The van der Waals surface area contributed by atoms with Crippen molar-refractivity contribution in [2.24, 2.45) is 46.3 Å². The molecule has 0 aromatic heterocycles. The molecule has 5 nitrogen and oxygen atoms in total. The first-order valence-electron chi connectivity index (χ1n) is 18.2. The molecule has 4 aliphatic rings. The van der Waals surface area contributed by atoms with Gasteiger partial charge in [-0.25, -0.2) is 0 Å². The second-order valence-electron chi connectivity index (χ2n) is 17.3. The van der Waals surface area contributed by atoms with E-state index in [4.69, 9.17) is 13.9 Å². The molecule has 3 aliphatic carbocycles. The predicted octanol–water partition coefficient (Wildman–Crippen LogP) is 7.51. The highest BCUT2D eigenvalue weighted by molar-refractivity contribution is 6.99. The largest absolute Gasteiger partial charge is 0.435 e. The second kappa shape index (κ2) is 12.9. The second-order valence-corrected chi connectivity index (χ2v) is 21.6. The molecule has 6 rings (SSSR count). The molecule has 1 heterocycles. The van der Waals surface area contributed by atoms with Crippen LogP contribution in [0.5, 0.6) is 0 Å². The van der Waals surface area contributed by atoms with Crippen LogP contribution in [0.15, 0.2) is 72.8 Å². The molecule has 47 heavy (non-hydrogen) atoms. The molecule has 1 aliphatic heterocycles. The molecule has 0 radical (unpaired) electrons. The number of esters is 1. The van der Waals surface area contributed by atoms with Gasteiger partial charge >= 0.3 is 5.97 Å². The zero-order chi connectivity index (χ0) is 33.8. The van der Waals surface area contributed by atoms with Crippen molar-refractivity contribution in [1.82, 2.24) is 0 Å². The van der Waals surface area contributed by atoms with Crippen LogP contribution in [0.4, 0.5) is 0 Å². The summed E-state index contributed by atoms with van der Waals surface area (Å²) in [5.74, 6) is 0.521. The van der Waals surface area contributed by atoms with E-state index in [2.05, 4.69) is 128 Å². The van der Waals surface area contributed by atoms with E-state index >= 15 is 0 Å². The standard InChI is InChI=1S/C41H58O5Si/c1-27(2)32-21-19-28(3)25-33(32)45-37-36-29(20-22-34-40(7,8)24-23-35(42)41(34,36)38(43)46-37)26-44-47(39(4,5)6,30-15-11-9-12-16-30)31-17-13-10-14-18-31/h9-18,20,22,27-29,32-37,42H,19,21,23-26H2,1-8H3/t28-,29+,32+,33-,34-,35+,36+,37-,41-/m0/s1. The van der Waals surface area contributed by atoms with Crippen molar-refractivity contribution in [2.75, 3.05) is 6.61 Å². The maximum Gasteiger partial charge on any atom is 0.318 e. The molecular formula is C41H58O5Si. The molecule has 1 saturated heterocycles. The highest BCUT2D eigenvalue weighted by Crippen LogP contribution is 2.64. The molecule has 0 amide bonds. The number of allylic oxidation sites excluding steroid dienone is 1. The van der Waals surface area contributed by atoms with Gasteiger partial charge < -0.3 is 19.0 Å². The van der Waals surface area contributed by atoms with Gasteiger partial charge in [-0.2, -0.15) is 0 Å². The lowest BCUT2D eigenvalue weighted by atomic mass is 9.47. The first kappa shape index (κ1) is 34.6. The van der Waals surface area contributed by atoms with Crippen molar-refractivity contribution in [1.29, 1.82) is 0 Å². The maximum atomic E-state index is 14.4. The average molecular weight is 659 g/mol. The van der Waals surface area contributed by atoms with Gasteiger partial charge in [0, 0.05) is 24.4 Å². The third-order valence-corrected chi connectivity index (χ3v) is 17.6. The van der Waals surface area contributed by atoms with E-state index in [0.29, 0.717) is 30.8 Å². The Bertz CT molecular complexity index is 1370. The minimum Gasteiger partial charge on any atom is -0.435 e. The van der Waals surface area contributed by atoms with Gasteiger partial charge in [-0.05, 0) is 64.3 Å². The third-order valence-electron chi connectivity index (χ3n) is 12.6. The predicted molar refractivity (Wildman–Crippen MR) is 191 cm³/mol. The molecule has 2 aromatic rings. The summed E-state index contributed by atoms with van der Waals surface area (Å²) in [6.07, 6.45) is 7.74. The van der Waals surface area contributed by atoms with E-state index in [1.54, 1.807) is 0 Å². The Morgan fingerprint density at radius 2 is 1.57 bits per heavy atom. The fourth-order valence-electron chi connectivity index (χ4n) is 10.1. The number of carbonyl (C=O) groups is 1. The molecular weight excluding hydrogens is 601 g/mol. The van der Waals surface area contributed by atoms with E-state index in [0.717, 1.165) is 19.3 Å². The lowest BCUT2D eigenvalue weighted by Crippen LogP contribution is -2.67. The lowest BCUT2D eigenvalue weighted by molar-refractivity contribution is -0.203. The monoisotopic (exact) mass is 658 g/mol. The quantitative estimate of drug-likeness (QED) is 0.181. The fourth-order valence-corrected chi connectivity index (χ4v) is 14.7. The molecule has 2 saturated carbocycles. The van der Waals surface area contributed by atoms with Gasteiger partial charge in [-0.15, -0.1) is 0 Å². The zero-order valence-corrected chi connectivity index (χ0v) is 30.9. The van der Waals surface area contributed by atoms with Crippen molar-refractivity contribution in [2.45, 2.75) is 111 Å². The smallest absolute Gasteiger partial charge is 0.318 e. The summed E-state index contributed by atoms with van der Waals surface area (Å²) in [5, 5.41) is 14.3. The van der Waals surface area contributed by atoms with Crippen molar-refractivity contribution in [3.05, 3.63) is 72.8 Å². The molecule has 0 bridgehead atoms. The topological polar surface area (TPSA) is 65.0 Å². The van der Waals surface area contributed by atoms with E-state index in [-0.39, 0.29) is 40.3 Å². The van der Waals surface area contributed by atoms with Gasteiger partial charge in [0.25, 0.3) is 8.32 Å². The zero-order valence-electron chi connectivity index (χ0n) is 29.9. The van der Waals surface area contributed by atoms with Crippen LogP contribution in [-0.4, -0.2) is 44.5 Å². The van der Waals surface area contributed by atoms with E-state index in [9.17, 15) is 9.90 Å². The maximum absolute atomic E-state index is 14.4. The van der Waals surface area contributed by atoms with Crippen LogP contribution in [-0.2, 0) is 18.7 Å². The SMILES string of the molecule is CC(C)[C@H]1CC[C@H](C)C[C@@H]1O[C@H]1OC(=O)[C@@]23[C@@H]1[C@@H](CO[Si](c1ccccc1)(c1ccccc1)C(C)(C)C)C=C[C@H]2C(C)(C)CC[C@H]3O. The highest BCUT2D eigenvalue weighted by Gasteiger charge is 2.71. The Morgan fingerprint density at radius 3 is 2.15 bits per heavy atom. The van der Waals surface area contributed by atoms with Crippen LogP contribution in [0.2, 0.25) is 5.04 Å². The number of aliphatic hydroxyl groups excluding tert-OH is 1. The van der Waals surface area contributed by atoms with Gasteiger partial charge in [0.1, 0.15) is 5.41 Å². The summed E-state index contributed by atoms with van der Waals surface area (Å²) in [7, 11) is -2.85. The summed E-state index contributed by atoms with van der Waals surface area (Å²) in [6, 6.07) is 21.4. The number of hydrogen-bond donors (Lipinski definition) is 1. The fraction of sp³-hybridized carbons (Fsp3) is 0.634. The van der Waals surface area contributed by atoms with Crippen LogP contribution in [0.25, 0.3) is 0 Å². The summed E-state index contributed by atoms with van der Waals surface area (Å²) in [6.45, 7) is 18.7. The number of rotatable bonds is 8. The van der Waals surface area contributed by atoms with Crippen LogP contribution in [0, 0.1) is 46.3 Å². The van der Waals surface area contributed by atoms with Gasteiger partial charge in [-0.1, -0.05) is 135 Å². The minimum atomic E-state index is -2.85. The first-order valence-corrected chi connectivity index (χ1v) is 20.1. The Balaban J connectivity index is 1.43. The molecule has 9 atom stereocenters. The number of ether oxygens (including phenoxy) is 2. The molecule has 256 valence electrons. The minimum absolute atomic E-state index is 0.0167. The molecule has 1 N–H and O–H groups in total. The van der Waals surface area contributed by atoms with E-state index in [1.165, 1.54) is 16.8 Å². The van der Waals surface area contributed by atoms with Crippen LogP contribution < -0.4 is 10.4 Å². The van der Waals surface area contributed by atoms with Crippen molar-refractivity contribution < 1.29 is 23.8 Å². The number of hydrogen-bond acceptors (Lipinski definition) is 5. The summed E-state index contributed by atoms with van der Waals surface area (Å²) in [5.41, 5.74) is -1.22. The number of cyclic esters (lactones) is 1. The Hall–Kier alpha value is -2.25. The molecule has 0 unspecified atom stereocenters. The van der Waals surface area contributed by atoms with Crippen LogP contribution in [0.3, 0.4) is 0 Å². The van der Waals surface area contributed by atoms with Crippen molar-refractivity contribution in [3.63, 3.8) is 0 Å². The Labute approximate surface area is 284 Å². The molecule has 6 heteroatoms. The summed E-state index contributed by atoms with van der Waals surface area (Å²) in [4.78, 5) is 14.4. The average Bonchev–Trinajstić information content (AvgIpc) is 3.32. The summed E-state index contributed by atoms with van der Waals surface area (Å²) < 4.78 is 21.0. The molecule has 1 spiro atoms. The number of carbonyl (C=O) groups excluding carboxylic acids is 1. The summed E-state index contributed by atoms with van der Waals surface area (Å²) >= 11 is 0. The van der Waals surface area contributed by atoms with Crippen molar-refractivity contribution >= 4 is 24.7 Å². The van der Waals surface area contributed by atoms with E-state index < -0.39 is 26.1 Å². The normalized spacial score (nSPS) is 35.3. The highest BCUT2D eigenvalue weighted by atomic mass is 28.4. The van der Waals surface area contributed by atoms with Gasteiger partial charge in [0.05, 0.1) is 12.2 Å². The van der Waals surface area contributed by atoms with Gasteiger partial charge in [0.2, 0.25) is 6.29 Å². The number of aliphatic hydroxyl groups is 1. The van der Waals surface area contributed by atoms with Gasteiger partial charge in [0.15, 0.2) is 0 Å². The Kier molecular flexibility index (Phi) is 9.49. The lowest BCUT2D eigenvalue weighted by Gasteiger charge is -2.55. The first-order chi connectivity index (χ1) is 22.2. The van der Waals surface area contributed by atoms with E-state index in [1.807, 2.05) is 0 Å². The molecule has 3 fully saturated rings. The van der Waals surface area contributed by atoms with Crippen LogP contribution in [0.1, 0.15) is 87.5 Å². The Morgan fingerprint density at radius 1 is 0.957 bits per heavy atom.